The number of hydrogen-bond acceptors (Lipinski definition) is 5. The zero-order valence-corrected chi connectivity index (χ0v) is 29.6. The number of allylic oxidation sites excluding steroid dienone is 1. The number of fused-ring (bicyclic) bond motifs is 3. The molecule has 0 aromatic heterocycles. The monoisotopic (exact) mass is 616 g/mol. The summed E-state index contributed by atoms with van der Waals surface area (Å²) in [7, 11) is -4.55. The van der Waals surface area contributed by atoms with Crippen molar-refractivity contribution in [2.24, 2.45) is 33.4 Å². The van der Waals surface area contributed by atoms with E-state index in [0.717, 1.165) is 29.2 Å². The van der Waals surface area contributed by atoms with Crippen molar-refractivity contribution in [3.63, 3.8) is 0 Å². The zero-order valence-electron chi connectivity index (χ0n) is 26.8. The number of amides is 2. The molecule has 3 heterocycles. The van der Waals surface area contributed by atoms with Gasteiger partial charge in [0.1, 0.15) is 0 Å². The largest absolute Gasteiger partial charge is 0.545 e. The van der Waals surface area contributed by atoms with Gasteiger partial charge in [-0.2, -0.15) is 10.2 Å². The lowest BCUT2D eigenvalue weighted by molar-refractivity contribution is -0.124. The highest BCUT2D eigenvalue weighted by Crippen LogP contribution is 2.84. The van der Waals surface area contributed by atoms with E-state index in [4.69, 9.17) is 14.6 Å². The predicted octanol–water partition coefficient (Wildman–Crippen LogP) is 8.58. The lowest BCUT2D eigenvalue weighted by Gasteiger charge is -2.59. The van der Waals surface area contributed by atoms with Crippen LogP contribution in [0.25, 0.3) is 0 Å². The molecule has 0 N–H and O–H groups in total. The third kappa shape index (κ3) is 4.31. The van der Waals surface area contributed by atoms with Crippen molar-refractivity contribution in [2.45, 2.75) is 136 Å². The number of hydrogen-bond donors (Lipinski definition) is 0. The lowest BCUT2D eigenvalue weighted by atomic mass is 9.49. The van der Waals surface area contributed by atoms with Crippen molar-refractivity contribution >= 4 is 47.7 Å². The molecular formula is C31H50N4O3P2Si. The maximum Gasteiger partial charge on any atom is 0.258 e. The first kappa shape index (κ1) is 29.9. The Morgan fingerprint density at radius 1 is 0.780 bits per heavy atom. The minimum Gasteiger partial charge on any atom is -0.545 e. The molecule has 4 unspecified atom stereocenters. The third-order valence-electron chi connectivity index (χ3n) is 11.3. The summed E-state index contributed by atoms with van der Waals surface area (Å²) in [6.07, 6.45) is 7.66. The average molecular weight is 617 g/mol. The Hall–Kier alpha value is -1.10. The van der Waals surface area contributed by atoms with Crippen molar-refractivity contribution in [3.8, 4) is 0 Å². The Morgan fingerprint density at radius 2 is 1.15 bits per heavy atom. The summed E-state index contributed by atoms with van der Waals surface area (Å²) in [6, 6.07) is 0. The Bertz CT molecular complexity index is 1140. The molecule has 1 saturated heterocycles. The first-order valence-electron chi connectivity index (χ1n) is 16.0. The molecule has 0 aromatic rings. The molecule has 7 rings (SSSR count). The van der Waals surface area contributed by atoms with Crippen molar-refractivity contribution in [3.05, 3.63) is 10.8 Å². The summed E-state index contributed by atoms with van der Waals surface area (Å²) in [5, 5.41) is 11.1. The number of rotatable bonds is 6. The molecule has 0 aromatic carbocycles. The van der Waals surface area contributed by atoms with Gasteiger partial charge in [0, 0.05) is 30.7 Å². The van der Waals surface area contributed by atoms with Gasteiger partial charge >= 0.3 is 0 Å². The molecule has 7 nitrogen and oxygen atoms in total. The van der Waals surface area contributed by atoms with Crippen LogP contribution in [-0.2, 0) is 14.0 Å². The van der Waals surface area contributed by atoms with Crippen LogP contribution >= 0.6 is 16.1 Å². The first-order chi connectivity index (χ1) is 19.2. The van der Waals surface area contributed by atoms with E-state index in [1.165, 1.54) is 49.3 Å². The van der Waals surface area contributed by atoms with Crippen LogP contribution in [0.1, 0.15) is 108 Å². The van der Waals surface area contributed by atoms with Gasteiger partial charge in [0.25, 0.3) is 8.32 Å². The predicted molar refractivity (Wildman–Crippen MR) is 172 cm³/mol. The maximum absolute atomic E-state index is 13.3. The third-order valence-corrected chi connectivity index (χ3v) is 24.0. The van der Waals surface area contributed by atoms with Crippen molar-refractivity contribution in [1.82, 2.24) is 9.56 Å². The molecule has 4 aliphatic carbocycles. The van der Waals surface area contributed by atoms with Gasteiger partial charge in [0.2, 0.25) is 11.8 Å². The van der Waals surface area contributed by atoms with Crippen LogP contribution in [0.2, 0.25) is 16.6 Å². The summed E-state index contributed by atoms with van der Waals surface area (Å²) in [5.74, 6) is 3.52. The molecule has 3 aliphatic heterocycles. The normalized spacial score (nSPS) is 37.3. The van der Waals surface area contributed by atoms with Crippen LogP contribution in [0, 0.1) is 23.2 Å². The van der Waals surface area contributed by atoms with Crippen LogP contribution in [0.4, 0.5) is 0 Å². The molecule has 4 bridgehead atoms. The molecule has 5 fully saturated rings. The van der Waals surface area contributed by atoms with Gasteiger partial charge in [-0.3, -0.25) is 9.59 Å². The van der Waals surface area contributed by atoms with Crippen LogP contribution < -0.4 is 0 Å². The van der Waals surface area contributed by atoms with Gasteiger partial charge in [-0.25, -0.2) is 9.56 Å². The summed E-state index contributed by atoms with van der Waals surface area (Å²) < 4.78 is 11.7. The second-order valence-electron chi connectivity index (χ2n) is 14.9. The average Bonchev–Trinajstić information content (AvgIpc) is 3.48. The van der Waals surface area contributed by atoms with Crippen molar-refractivity contribution < 1.29 is 14.0 Å². The molecule has 10 heteroatoms. The van der Waals surface area contributed by atoms with E-state index in [0.29, 0.717) is 16.6 Å². The van der Waals surface area contributed by atoms with E-state index in [-0.39, 0.29) is 28.5 Å². The van der Waals surface area contributed by atoms with Gasteiger partial charge in [-0.15, -0.1) is 0 Å². The molecule has 7 aliphatic rings. The summed E-state index contributed by atoms with van der Waals surface area (Å²) in [5.41, 5.74) is 3.59. The van der Waals surface area contributed by atoms with Crippen LogP contribution in [-0.4, -0.2) is 52.4 Å². The van der Waals surface area contributed by atoms with Crippen molar-refractivity contribution in [2.75, 3.05) is 0 Å². The number of carbonyl (C=O) groups excluding carboxylic acids is 2. The molecule has 226 valence electrons. The number of hydrazone groups is 2. The van der Waals surface area contributed by atoms with Gasteiger partial charge in [-0.1, -0.05) is 41.5 Å². The van der Waals surface area contributed by atoms with Crippen LogP contribution in [0.3, 0.4) is 0 Å². The van der Waals surface area contributed by atoms with E-state index in [1.807, 2.05) is 9.56 Å². The summed E-state index contributed by atoms with van der Waals surface area (Å²) in [4.78, 5) is 26.5. The highest BCUT2D eigenvalue weighted by Gasteiger charge is 2.65. The van der Waals surface area contributed by atoms with E-state index >= 15 is 0 Å². The molecular weight excluding hydrogens is 566 g/mol. The second-order valence-corrected chi connectivity index (χ2v) is 24.8. The van der Waals surface area contributed by atoms with Crippen LogP contribution in [0.5, 0.6) is 0 Å². The molecule has 2 amide bonds. The topological polar surface area (TPSA) is 74.6 Å². The quantitative estimate of drug-likeness (QED) is 0.170. The molecule has 0 spiro atoms. The Balaban J connectivity index is 1.65. The van der Waals surface area contributed by atoms with E-state index in [1.54, 1.807) is 13.8 Å². The fourth-order valence-electron chi connectivity index (χ4n) is 10.3. The van der Waals surface area contributed by atoms with Gasteiger partial charge in [0.05, 0.1) is 38.3 Å². The number of carbonyl (C=O) groups is 2. The lowest BCUT2D eigenvalue weighted by Crippen LogP contribution is -2.53. The number of nitrogens with zero attached hydrogens (tertiary/aromatic N) is 4. The van der Waals surface area contributed by atoms with Gasteiger partial charge in [-0.05, 0) is 86.7 Å². The molecule has 4 atom stereocenters. The highest BCUT2D eigenvalue weighted by atomic mass is 31.2. The smallest absolute Gasteiger partial charge is 0.258 e. The summed E-state index contributed by atoms with van der Waals surface area (Å²) in [6.45, 7) is 21.7. The van der Waals surface area contributed by atoms with Gasteiger partial charge in [0.15, 0.2) is 0 Å². The van der Waals surface area contributed by atoms with Gasteiger partial charge < -0.3 is 4.43 Å². The second kappa shape index (κ2) is 10.2. The highest BCUT2D eigenvalue weighted by molar-refractivity contribution is 7.86. The maximum atomic E-state index is 13.3. The summed E-state index contributed by atoms with van der Waals surface area (Å²) >= 11 is 0. The SMILES string of the molecule is CC(=O)N1N=C(C)C2C3C(C)=NN(C(C)=O)P3C(=C(O[Si](C(C)C)(C(C)C)C(C)C)C34CC5CC(CC(C5)C3)C4)P21. The standard InChI is InChI=1S/C31H50N4O3P2Si/c1-17(2)41(18(3)4,19(5)6)38-29(31-14-24-11-25(15-31)13-26(12-24)16-31)30-39-27(20(7)32-34(39)22(9)36)28-21(8)33-35(23(10)37)40(28)30/h17-19,24-28H,11-16H2,1-10H3. The first-order valence-corrected chi connectivity index (χ1v) is 20.8. The molecule has 0 radical (unpaired) electrons. The molecule has 4 saturated carbocycles. The van der Waals surface area contributed by atoms with E-state index in [2.05, 4.69) is 55.4 Å². The Morgan fingerprint density at radius 3 is 1.46 bits per heavy atom. The molecule has 41 heavy (non-hydrogen) atoms. The van der Waals surface area contributed by atoms with E-state index in [9.17, 15) is 9.59 Å². The fourth-order valence-corrected chi connectivity index (χ4v) is 23.9. The minimum absolute atomic E-state index is 0.000510. The van der Waals surface area contributed by atoms with Crippen LogP contribution in [0.15, 0.2) is 21.0 Å². The Labute approximate surface area is 250 Å². The zero-order chi connectivity index (χ0) is 29.8. The fraction of sp³-hybridized carbons (Fsp3) is 0.806. The minimum atomic E-state index is -2.35. The Kier molecular flexibility index (Phi) is 7.47. The van der Waals surface area contributed by atoms with E-state index < -0.39 is 24.5 Å². The van der Waals surface area contributed by atoms with Crippen molar-refractivity contribution in [1.29, 1.82) is 0 Å².